The Morgan fingerprint density at radius 3 is 2.70 bits per heavy atom. The molecule has 128 valence electrons. The van der Waals surface area contributed by atoms with Crippen LogP contribution < -0.4 is 15.4 Å². The molecule has 8 heteroatoms. The number of benzene rings is 1. The van der Waals surface area contributed by atoms with E-state index in [1.54, 1.807) is 31.4 Å². The number of carbonyl (C=O) groups excluding carboxylic acids is 1. The molecule has 0 aromatic heterocycles. The van der Waals surface area contributed by atoms with Gasteiger partial charge in [0.25, 0.3) is 0 Å². The van der Waals surface area contributed by atoms with Gasteiger partial charge in [-0.15, -0.1) is 0 Å². The average molecular weight is 326 g/mol. The number of anilines is 1. The maximum Gasteiger partial charge on any atom is 0.337 e. The number of methoxy groups -OCH3 is 1. The van der Waals surface area contributed by atoms with E-state index in [1.165, 1.54) is 0 Å². The Labute approximate surface area is 134 Å². The van der Waals surface area contributed by atoms with Gasteiger partial charge < -0.3 is 30.3 Å². The number of hydrogen-bond acceptors (Lipinski definition) is 5. The lowest BCUT2D eigenvalue weighted by Gasteiger charge is -2.18. The third kappa shape index (κ3) is 6.98. The van der Waals surface area contributed by atoms with E-state index in [9.17, 15) is 14.7 Å². The fraction of sp³-hybridized carbons (Fsp3) is 0.467. The molecule has 23 heavy (non-hydrogen) atoms. The molecule has 1 aromatic carbocycles. The van der Waals surface area contributed by atoms with Crippen molar-refractivity contribution >= 4 is 17.7 Å². The van der Waals surface area contributed by atoms with Gasteiger partial charge in [-0.25, -0.2) is 9.59 Å². The molecular formula is C15H22N2O6. The van der Waals surface area contributed by atoms with Crippen LogP contribution in [0, 0.1) is 0 Å². The Hall–Kier alpha value is -2.32. The van der Waals surface area contributed by atoms with Crippen molar-refractivity contribution in [2.24, 2.45) is 0 Å². The maximum atomic E-state index is 11.7. The van der Waals surface area contributed by atoms with Gasteiger partial charge in [-0.1, -0.05) is 6.07 Å². The number of amides is 2. The van der Waals surface area contributed by atoms with Crippen LogP contribution in [0.4, 0.5) is 10.5 Å². The number of rotatable bonds is 9. The zero-order chi connectivity index (χ0) is 17.3. The molecule has 0 saturated carbocycles. The molecule has 1 rings (SSSR count). The van der Waals surface area contributed by atoms with Crippen molar-refractivity contribution in [3.63, 3.8) is 0 Å². The van der Waals surface area contributed by atoms with Crippen LogP contribution in [-0.4, -0.2) is 54.7 Å². The van der Waals surface area contributed by atoms with Crippen LogP contribution in [0.15, 0.2) is 24.3 Å². The first-order valence-electron chi connectivity index (χ1n) is 7.07. The van der Waals surface area contributed by atoms with Crippen LogP contribution in [0.2, 0.25) is 0 Å². The number of urea groups is 1. The molecule has 0 aliphatic rings. The van der Waals surface area contributed by atoms with Gasteiger partial charge in [0, 0.05) is 31.9 Å². The van der Waals surface area contributed by atoms with Gasteiger partial charge >= 0.3 is 12.0 Å². The Balaban J connectivity index is 2.47. The van der Waals surface area contributed by atoms with Crippen molar-refractivity contribution in [3.8, 4) is 5.75 Å². The summed E-state index contributed by atoms with van der Waals surface area (Å²) < 4.78 is 10.4. The fourth-order valence-electron chi connectivity index (χ4n) is 1.56. The maximum absolute atomic E-state index is 11.7. The largest absolute Gasteiger partial charge is 0.493 e. The second kappa shape index (κ2) is 8.96. The molecule has 8 nitrogen and oxygen atoms in total. The number of carboxylic acid groups (broad SMARTS) is 1. The zero-order valence-corrected chi connectivity index (χ0v) is 13.2. The monoisotopic (exact) mass is 326 g/mol. The highest BCUT2D eigenvalue weighted by molar-refractivity contribution is 5.90. The number of hydrogen-bond donors (Lipinski definition) is 4. The summed E-state index contributed by atoms with van der Waals surface area (Å²) in [7, 11) is 1.62. The lowest BCUT2D eigenvalue weighted by molar-refractivity contribution is -0.155. The molecule has 2 amide bonds. The Bertz CT molecular complexity index is 532. The summed E-state index contributed by atoms with van der Waals surface area (Å²) in [5.41, 5.74) is -1.54. The quantitative estimate of drug-likeness (QED) is 0.504. The van der Waals surface area contributed by atoms with Crippen molar-refractivity contribution in [3.05, 3.63) is 24.3 Å². The van der Waals surface area contributed by atoms with E-state index >= 15 is 0 Å². The highest BCUT2D eigenvalue weighted by Gasteiger charge is 2.30. The standard InChI is InChI=1S/C15H22N2O6/c1-15(21,13(18)19)10-16-14(20)17-11-5-3-6-12(9-11)23-8-4-7-22-2/h3,5-6,9,21H,4,7-8,10H2,1-2H3,(H,18,19)(H2,16,17,20). The number of aliphatic carboxylic acids is 1. The van der Waals surface area contributed by atoms with Crippen molar-refractivity contribution in [2.75, 3.05) is 32.2 Å². The summed E-state index contributed by atoms with van der Waals surface area (Å²) >= 11 is 0. The number of aliphatic hydroxyl groups is 1. The highest BCUT2D eigenvalue weighted by Crippen LogP contribution is 2.17. The van der Waals surface area contributed by atoms with E-state index in [-0.39, 0.29) is 0 Å². The molecule has 1 unspecified atom stereocenters. The summed E-state index contributed by atoms with van der Waals surface area (Å²) in [5, 5.41) is 23.1. The molecule has 0 fully saturated rings. The SMILES string of the molecule is COCCCOc1cccc(NC(=O)NCC(C)(O)C(=O)O)c1. The van der Waals surface area contributed by atoms with Gasteiger partial charge in [-0.3, -0.25) is 0 Å². The average Bonchev–Trinajstić information content (AvgIpc) is 2.50. The van der Waals surface area contributed by atoms with Crippen molar-refractivity contribution in [1.82, 2.24) is 5.32 Å². The van der Waals surface area contributed by atoms with Crippen molar-refractivity contribution in [2.45, 2.75) is 18.9 Å². The molecule has 0 aliphatic carbocycles. The van der Waals surface area contributed by atoms with Crippen LogP contribution in [0.25, 0.3) is 0 Å². The molecule has 0 radical (unpaired) electrons. The number of carboxylic acids is 1. The smallest absolute Gasteiger partial charge is 0.337 e. The predicted octanol–water partition coefficient (Wildman–Crippen LogP) is 1.06. The van der Waals surface area contributed by atoms with Gasteiger partial charge in [0.2, 0.25) is 0 Å². The summed E-state index contributed by atoms with van der Waals surface area (Å²) in [6.45, 7) is 1.78. The number of carbonyl (C=O) groups is 2. The number of nitrogens with one attached hydrogen (secondary N) is 2. The van der Waals surface area contributed by atoms with E-state index in [2.05, 4.69) is 10.6 Å². The molecule has 4 N–H and O–H groups in total. The Morgan fingerprint density at radius 2 is 2.04 bits per heavy atom. The summed E-state index contributed by atoms with van der Waals surface area (Å²) in [6, 6.07) is 6.15. The molecule has 1 atom stereocenters. The zero-order valence-electron chi connectivity index (χ0n) is 13.2. The molecule has 0 aliphatic heterocycles. The van der Waals surface area contributed by atoms with E-state index in [1.807, 2.05) is 0 Å². The lowest BCUT2D eigenvalue weighted by atomic mass is 10.1. The summed E-state index contributed by atoms with van der Waals surface area (Å²) in [6.07, 6.45) is 0.749. The van der Waals surface area contributed by atoms with Gasteiger partial charge in [0.1, 0.15) is 5.75 Å². The van der Waals surface area contributed by atoms with Gasteiger partial charge in [0.05, 0.1) is 13.2 Å². The predicted molar refractivity (Wildman–Crippen MR) is 83.7 cm³/mol. The third-order valence-electron chi connectivity index (χ3n) is 2.91. The van der Waals surface area contributed by atoms with Crippen LogP contribution >= 0.6 is 0 Å². The van der Waals surface area contributed by atoms with Gasteiger partial charge in [-0.05, 0) is 19.1 Å². The molecule has 0 spiro atoms. The fourth-order valence-corrected chi connectivity index (χ4v) is 1.56. The highest BCUT2D eigenvalue weighted by atomic mass is 16.5. The van der Waals surface area contributed by atoms with Crippen molar-refractivity contribution in [1.29, 1.82) is 0 Å². The minimum atomic E-state index is -2.02. The molecular weight excluding hydrogens is 304 g/mol. The van der Waals surface area contributed by atoms with Crippen molar-refractivity contribution < 1.29 is 29.3 Å². The molecule has 0 bridgehead atoms. The van der Waals surface area contributed by atoms with E-state index < -0.39 is 24.1 Å². The van der Waals surface area contributed by atoms with E-state index in [0.717, 1.165) is 13.3 Å². The van der Waals surface area contributed by atoms with Crippen LogP contribution in [0.3, 0.4) is 0 Å². The normalized spacial score (nSPS) is 13.0. The molecule has 1 aromatic rings. The minimum Gasteiger partial charge on any atom is -0.493 e. The Morgan fingerprint density at radius 1 is 1.30 bits per heavy atom. The minimum absolute atomic E-state index is 0.415. The lowest BCUT2D eigenvalue weighted by Crippen LogP contribution is -2.47. The topological polar surface area (TPSA) is 117 Å². The van der Waals surface area contributed by atoms with Gasteiger partial charge in [-0.2, -0.15) is 0 Å². The summed E-state index contributed by atoms with van der Waals surface area (Å²) in [5.74, 6) is -0.819. The first-order valence-corrected chi connectivity index (χ1v) is 7.07. The number of ether oxygens (including phenoxy) is 2. The van der Waals surface area contributed by atoms with Gasteiger partial charge in [0.15, 0.2) is 5.60 Å². The second-order valence-corrected chi connectivity index (χ2v) is 5.11. The Kier molecular flexibility index (Phi) is 7.30. The second-order valence-electron chi connectivity index (χ2n) is 5.11. The van der Waals surface area contributed by atoms with Crippen LogP contribution in [-0.2, 0) is 9.53 Å². The summed E-state index contributed by atoms with van der Waals surface area (Å²) in [4.78, 5) is 22.4. The molecule has 0 heterocycles. The first-order chi connectivity index (χ1) is 10.8. The van der Waals surface area contributed by atoms with E-state index in [0.29, 0.717) is 24.7 Å². The van der Waals surface area contributed by atoms with Crippen LogP contribution in [0.1, 0.15) is 13.3 Å². The first kappa shape index (κ1) is 18.7. The van der Waals surface area contributed by atoms with E-state index in [4.69, 9.17) is 14.6 Å². The van der Waals surface area contributed by atoms with Crippen LogP contribution in [0.5, 0.6) is 5.75 Å². The third-order valence-corrected chi connectivity index (χ3v) is 2.91. The molecule has 0 saturated heterocycles.